The standard InChI is InChI=1S/C19H19N3O4/c1-26-18-8-7-15(22(24)25)13-16(18)19(23)20-10-4-11-21-12-9-14-5-2-3-6-17(14)21/h2-3,5-9,12-13H,4,10-11H2,1H3,(H,20,23). The van der Waals surface area contributed by atoms with E-state index in [0.29, 0.717) is 12.3 Å². The van der Waals surface area contributed by atoms with Gasteiger partial charge < -0.3 is 14.6 Å². The van der Waals surface area contributed by atoms with Gasteiger partial charge in [0.2, 0.25) is 0 Å². The number of nitro benzene ring substituents is 1. The van der Waals surface area contributed by atoms with Crippen LogP contribution < -0.4 is 10.1 Å². The molecule has 7 heteroatoms. The van der Waals surface area contributed by atoms with E-state index in [1.54, 1.807) is 0 Å². The zero-order valence-electron chi connectivity index (χ0n) is 14.3. The summed E-state index contributed by atoms with van der Waals surface area (Å²) in [5, 5.41) is 14.9. The van der Waals surface area contributed by atoms with Crippen LogP contribution in [-0.4, -0.2) is 29.1 Å². The second-order valence-electron chi connectivity index (χ2n) is 5.82. The third kappa shape index (κ3) is 3.66. The van der Waals surface area contributed by atoms with Crippen molar-refractivity contribution in [2.75, 3.05) is 13.7 Å². The summed E-state index contributed by atoms with van der Waals surface area (Å²) >= 11 is 0. The number of non-ortho nitro benzene ring substituents is 1. The minimum Gasteiger partial charge on any atom is -0.496 e. The number of carbonyl (C=O) groups excluding carboxylic acids is 1. The van der Waals surface area contributed by atoms with E-state index < -0.39 is 4.92 Å². The Labute approximate surface area is 150 Å². The predicted molar refractivity (Wildman–Crippen MR) is 98.5 cm³/mol. The Balaban J connectivity index is 1.60. The lowest BCUT2D eigenvalue weighted by molar-refractivity contribution is -0.384. The molecule has 1 amide bonds. The Morgan fingerprint density at radius 1 is 1.23 bits per heavy atom. The van der Waals surface area contributed by atoms with Crippen LogP contribution in [0.2, 0.25) is 0 Å². The highest BCUT2D eigenvalue weighted by atomic mass is 16.6. The van der Waals surface area contributed by atoms with Crippen molar-refractivity contribution < 1.29 is 14.5 Å². The molecule has 0 atom stereocenters. The summed E-state index contributed by atoms with van der Waals surface area (Å²) in [6.07, 6.45) is 2.76. The molecule has 0 fully saturated rings. The fourth-order valence-corrected chi connectivity index (χ4v) is 2.87. The van der Waals surface area contributed by atoms with E-state index in [0.717, 1.165) is 18.5 Å². The van der Waals surface area contributed by atoms with Crippen molar-refractivity contribution in [2.45, 2.75) is 13.0 Å². The van der Waals surface area contributed by atoms with Gasteiger partial charge in [-0.3, -0.25) is 14.9 Å². The minimum absolute atomic E-state index is 0.144. The zero-order chi connectivity index (χ0) is 18.5. The van der Waals surface area contributed by atoms with Gasteiger partial charge in [-0.1, -0.05) is 18.2 Å². The SMILES string of the molecule is COc1ccc([N+](=O)[O-])cc1C(=O)NCCCn1ccc2ccccc21. The third-order valence-corrected chi connectivity index (χ3v) is 4.18. The first-order valence-corrected chi connectivity index (χ1v) is 8.24. The molecular formula is C19H19N3O4. The van der Waals surface area contributed by atoms with Crippen LogP contribution in [0, 0.1) is 10.1 Å². The molecule has 0 spiro atoms. The van der Waals surface area contributed by atoms with Crippen LogP contribution in [0.25, 0.3) is 10.9 Å². The Hall–Kier alpha value is -3.35. The fraction of sp³-hybridized carbons (Fsp3) is 0.211. The van der Waals surface area contributed by atoms with Crippen LogP contribution in [0.5, 0.6) is 5.75 Å². The summed E-state index contributed by atoms with van der Waals surface area (Å²) in [7, 11) is 1.43. The highest BCUT2D eigenvalue weighted by Crippen LogP contribution is 2.23. The molecule has 0 aliphatic heterocycles. The quantitative estimate of drug-likeness (QED) is 0.401. The molecule has 0 saturated heterocycles. The Kier molecular flexibility index (Phi) is 5.17. The highest BCUT2D eigenvalue weighted by Gasteiger charge is 2.17. The second kappa shape index (κ2) is 7.69. The average molecular weight is 353 g/mol. The van der Waals surface area contributed by atoms with Crippen molar-refractivity contribution in [1.29, 1.82) is 0 Å². The van der Waals surface area contributed by atoms with E-state index >= 15 is 0 Å². The van der Waals surface area contributed by atoms with Crippen LogP contribution in [0.1, 0.15) is 16.8 Å². The normalized spacial score (nSPS) is 10.7. The number of rotatable bonds is 7. The van der Waals surface area contributed by atoms with E-state index in [1.807, 2.05) is 18.3 Å². The molecular weight excluding hydrogens is 334 g/mol. The number of ether oxygens (including phenoxy) is 1. The van der Waals surface area contributed by atoms with Crippen molar-refractivity contribution in [1.82, 2.24) is 9.88 Å². The summed E-state index contributed by atoms with van der Waals surface area (Å²) in [6.45, 7) is 1.22. The van der Waals surface area contributed by atoms with Gasteiger partial charge in [0.15, 0.2) is 0 Å². The topological polar surface area (TPSA) is 86.4 Å². The van der Waals surface area contributed by atoms with E-state index in [1.165, 1.54) is 30.7 Å². The summed E-state index contributed by atoms with van der Waals surface area (Å²) in [5.74, 6) is -0.0765. The van der Waals surface area contributed by atoms with Gasteiger partial charge in [0.25, 0.3) is 11.6 Å². The van der Waals surface area contributed by atoms with Gasteiger partial charge in [0.1, 0.15) is 5.75 Å². The lowest BCUT2D eigenvalue weighted by Crippen LogP contribution is -2.25. The number of nitrogens with one attached hydrogen (secondary N) is 1. The number of methoxy groups -OCH3 is 1. The van der Waals surface area contributed by atoms with Gasteiger partial charge >= 0.3 is 0 Å². The number of carbonyl (C=O) groups is 1. The van der Waals surface area contributed by atoms with Gasteiger partial charge in [-0.25, -0.2) is 0 Å². The van der Waals surface area contributed by atoms with Crippen LogP contribution in [0.4, 0.5) is 5.69 Å². The van der Waals surface area contributed by atoms with E-state index in [4.69, 9.17) is 4.74 Å². The lowest BCUT2D eigenvalue weighted by atomic mass is 10.1. The third-order valence-electron chi connectivity index (χ3n) is 4.18. The molecule has 0 aliphatic rings. The smallest absolute Gasteiger partial charge is 0.270 e. The van der Waals surface area contributed by atoms with Crippen molar-refractivity contribution >= 4 is 22.5 Å². The number of nitro groups is 1. The molecule has 1 N–H and O–H groups in total. The van der Waals surface area contributed by atoms with Crippen molar-refractivity contribution in [2.24, 2.45) is 0 Å². The number of para-hydroxylation sites is 1. The van der Waals surface area contributed by atoms with Crippen LogP contribution >= 0.6 is 0 Å². The molecule has 3 rings (SSSR count). The molecule has 26 heavy (non-hydrogen) atoms. The molecule has 0 radical (unpaired) electrons. The molecule has 1 heterocycles. The maximum Gasteiger partial charge on any atom is 0.270 e. The molecule has 0 bridgehead atoms. The van der Waals surface area contributed by atoms with Gasteiger partial charge in [-0.2, -0.15) is 0 Å². The largest absolute Gasteiger partial charge is 0.496 e. The number of fused-ring (bicyclic) bond motifs is 1. The van der Waals surface area contributed by atoms with Crippen molar-refractivity contribution in [3.63, 3.8) is 0 Å². The first-order chi connectivity index (χ1) is 12.6. The van der Waals surface area contributed by atoms with Crippen LogP contribution in [0.3, 0.4) is 0 Å². The number of amides is 1. The lowest BCUT2D eigenvalue weighted by Gasteiger charge is -2.10. The zero-order valence-corrected chi connectivity index (χ0v) is 14.3. The van der Waals surface area contributed by atoms with Crippen LogP contribution in [-0.2, 0) is 6.54 Å². The minimum atomic E-state index is -0.534. The Morgan fingerprint density at radius 3 is 2.81 bits per heavy atom. The van der Waals surface area contributed by atoms with Crippen molar-refractivity contribution in [3.8, 4) is 5.75 Å². The molecule has 3 aromatic rings. The van der Waals surface area contributed by atoms with Crippen molar-refractivity contribution in [3.05, 3.63) is 70.4 Å². The summed E-state index contributed by atoms with van der Waals surface area (Å²) in [5.41, 5.74) is 1.17. The number of aryl methyl sites for hydroxylation is 1. The molecule has 1 aromatic heterocycles. The number of hydrogen-bond acceptors (Lipinski definition) is 4. The number of nitrogens with zero attached hydrogens (tertiary/aromatic N) is 2. The molecule has 2 aromatic carbocycles. The fourth-order valence-electron chi connectivity index (χ4n) is 2.87. The first kappa shape index (κ1) is 17.5. The van der Waals surface area contributed by atoms with Crippen LogP contribution in [0.15, 0.2) is 54.7 Å². The Morgan fingerprint density at radius 2 is 2.04 bits per heavy atom. The number of hydrogen-bond donors (Lipinski definition) is 1. The van der Waals surface area contributed by atoms with E-state index in [2.05, 4.69) is 28.1 Å². The number of aromatic nitrogens is 1. The second-order valence-corrected chi connectivity index (χ2v) is 5.82. The van der Waals surface area contributed by atoms with E-state index in [-0.39, 0.29) is 17.2 Å². The number of benzene rings is 2. The maximum absolute atomic E-state index is 12.4. The van der Waals surface area contributed by atoms with Gasteiger partial charge in [0.05, 0.1) is 17.6 Å². The summed E-state index contributed by atoms with van der Waals surface area (Å²) < 4.78 is 7.26. The molecule has 0 unspecified atom stereocenters. The molecule has 0 aliphatic carbocycles. The highest BCUT2D eigenvalue weighted by molar-refractivity contribution is 5.97. The van der Waals surface area contributed by atoms with Gasteiger partial charge in [-0.15, -0.1) is 0 Å². The van der Waals surface area contributed by atoms with Gasteiger partial charge in [0, 0.05) is 36.9 Å². The summed E-state index contributed by atoms with van der Waals surface area (Å²) in [6, 6.07) is 14.1. The van der Waals surface area contributed by atoms with E-state index in [9.17, 15) is 14.9 Å². The maximum atomic E-state index is 12.4. The molecule has 0 saturated carbocycles. The average Bonchev–Trinajstić information content (AvgIpc) is 3.07. The summed E-state index contributed by atoms with van der Waals surface area (Å²) in [4.78, 5) is 22.7. The predicted octanol–water partition coefficient (Wildman–Crippen LogP) is 3.38. The van der Waals surface area contributed by atoms with Gasteiger partial charge in [-0.05, 0) is 30.0 Å². The Bertz CT molecular complexity index is 949. The monoisotopic (exact) mass is 353 g/mol. The molecule has 7 nitrogen and oxygen atoms in total. The first-order valence-electron chi connectivity index (χ1n) is 8.24. The molecule has 134 valence electrons.